The lowest BCUT2D eigenvalue weighted by atomic mass is 10.2. The third kappa shape index (κ3) is 4.87. The molecule has 1 aromatic heterocycles. The van der Waals surface area contributed by atoms with Crippen molar-refractivity contribution in [2.75, 3.05) is 48.5 Å². The number of aromatic nitrogens is 1. The van der Waals surface area contributed by atoms with Gasteiger partial charge in [0.2, 0.25) is 5.91 Å². The van der Waals surface area contributed by atoms with Crippen LogP contribution in [0.15, 0.2) is 18.3 Å². The van der Waals surface area contributed by atoms with Gasteiger partial charge < -0.3 is 20.7 Å². The van der Waals surface area contributed by atoms with Crippen LogP contribution in [0.5, 0.6) is 0 Å². The first-order valence-corrected chi connectivity index (χ1v) is 8.44. The maximum absolute atomic E-state index is 11.9. The van der Waals surface area contributed by atoms with E-state index in [1.165, 1.54) is 0 Å². The Kier molecular flexibility index (Phi) is 6.28. The first-order valence-electron chi connectivity index (χ1n) is 7.05. The van der Waals surface area contributed by atoms with Crippen LogP contribution in [0.1, 0.15) is 6.42 Å². The smallest absolute Gasteiger partial charge is 0.241 e. The minimum Gasteiger partial charge on any atom is -0.378 e. The van der Waals surface area contributed by atoms with Crippen LogP contribution in [0.3, 0.4) is 0 Å². The molecule has 0 bridgehead atoms. The fraction of sp³-hybridized carbons (Fsp3) is 0.571. The van der Waals surface area contributed by atoms with Gasteiger partial charge in [0.05, 0.1) is 31.1 Å². The Morgan fingerprint density at radius 3 is 2.90 bits per heavy atom. The Morgan fingerprint density at radius 2 is 2.29 bits per heavy atom. The zero-order valence-electron chi connectivity index (χ0n) is 12.2. The molecule has 1 atom stereocenters. The molecule has 116 valence electrons. The number of anilines is 2. The third-order valence-electron chi connectivity index (χ3n) is 3.32. The highest BCUT2D eigenvalue weighted by Gasteiger charge is 2.14. The van der Waals surface area contributed by atoms with E-state index in [0.717, 1.165) is 37.9 Å². The van der Waals surface area contributed by atoms with Gasteiger partial charge in [-0.3, -0.25) is 4.79 Å². The second kappa shape index (κ2) is 8.21. The number of thioether (sulfide) groups is 1. The summed E-state index contributed by atoms with van der Waals surface area (Å²) in [5.74, 6) is 1.62. The molecule has 1 aliphatic heterocycles. The Labute approximate surface area is 129 Å². The molecule has 1 amide bonds. The van der Waals surface area contributed by atoms with Crippen molar-refractivity contribution in [3.8, 4) is 0 Å². The molecule has 3 N–H and O–H groups in total. The minimum absolute atomic E-state index is 0.162. The SMILES string of the molecule is CSCC[C@@H](N)C(=O)Nc1ccc(N2CCOCC2)nc1. The van der Waals surface area contributed by atoms with Crippen LogP contribution in [0.2, 0.25) is 0 Å². The molecule has 0 unspecified atom stereocenters. The lowest BCUT2D eigenvalue weighted by Gasteiger charge is -2.27. The summed E-state index contributed by atoms with van der Waals surface area (Å²) in [6.45, 7) is 3.14. The molecule has 6 nitrogen and oxygen atoms in total. The number of hydrogen-bond acceptors (Lipinski definition) is 6. The molecule has 0 saturated carbocycles. The Morgan fingerprint density at radius 1 is 1.52 bits per heavy atom. The largest absolute Gasteiger partial charge is 0.378 e. The van der Waals surface area contributed by atoms with Crippen molar-refractivity contribution in [3.63, 3.8) is 0 Å². The van der Waals surface area contributed by atoms with Crippen LogP contribution in [0.4, 0.5) is 11.5 Å². The molecule has 1 fully saturated rings. The van der Waals surface area contributed by atoms with Gasteiger partial charge in [-0.25, -0.2) is 4.98 Å². The van der Waals surface area contributed by atoms with Crippen molar-refractivity contribution < 1.29 is 9.53 Å². The second-order valence-electron chi connectivity index (χ2n) is 4.88. The summed E-state index contributed by atoms with van der Waals surface area (Å²) >= 11 is 1.68. The number of morpholine rings is 1. The Hall–Kier alpha value is -1.31. The number of amides is 1. The van der Waals surface area contributed by atoms with Crippen molar-refractivity contribution in [3.05, 3.63) is 18.3 Å². The van der Waals surface area contributed by atoms with Crippen molar-refractivity contribution in [1.29, 1.82) is 0 Å². The minimum atomic E-state index is -0.476. The summed E-state index contributed by atoms with van der Waals surface area (Å²) in [6.07, 6.45) is 4.34. The molecular weight excluding hydrogens is 288 g/mol. The van der Waals surface area contributed by atoms with Crippen molar-refractivity contribution in [1.82, 2.24) is 4.98 Å². The topological polar surface area (TPSA) is 80.5 Å². The van der Waals surface area contributed by atoms with Gasteiger partial charge >= 0.3 is 0 Å². The molecule has 0 aromatic carbocycles. The van der Waals surface area contributed by atoms with E-state index in [1.54, 1.807) is 18.0 Å². The fourth-order valence-corrected chi connectivity index (χ4v) is 2.54. The van der Waals surface area contributed by atoms with E-state index in [4.69, 9.17) is 10.5 Å². The summed E-state index contributed by atoms with van der Waals surface area (Å²) in [4.78, 5) is 18.5. The van der Waals surface area contributed by atoms with E-state index in [0.29, 0.717) is 12.1 Å². The highest BCUT2D eigenvalue weighted by Crippen LogP contribution is 2.15. The zero-order valence-corrected chi connectivity index (χ0v) is 13.1. The molecule has 7 heteroatoms. The summed E-state index contributed by atoms with van der Waals surface area (Å²) in [7, 11) is 0. The number of carbonyl (C=O) groups excluding carboxylic acids is 1. The quantitative estimate of drug-likeness (QED) is 0.814. The van der Waals surface area contributed by atoms with E-state index in [-0.39, 0.29) is 5.91 Å². The molecule has 0 radical (unpaired) electrons. The molecular formula is C14H22N4O2S. The van der Waals surface area contributed by atoms with E-state index < -0.39 is 6.04 Å². The average Bonchev–Trinajstić information content (AvgIpc) is 2.54. The third-order valence-corrected chi connectivity index (χ3v) is 3.96. The summed E-state index contributed by atoms with van der Waals surface area (Å²) in [6, 6.07) is 3.29. The van der Waals surface area contributed by atoms with Gasteiger partial charge in [0.15, 0.2) is 0 Å². The van der Waals surface area contributed by atoms with Gasteiger partial charge in [-0.15, -0.1) is 0 Å². The molecule has 0 spiro atoms. The zero-order chi connectivity index (χ0) is 15.1. The van der Waals surface area contributed by atoms with Gasteiger partial charge in [0, 0.05) is 13.1 Å². The van der Waals surface area contributed by atoms with Crippen LogP contribution in [0.25, 0.3) is 0 Å². The van der Waals surface area contributed by atoms with Crippen LogP contribution in [-0.4, -0.2) is 55.2 Å². The maximum Gasteiger partial charge on any atom is 0.241 e. The summed E-state index contributed by atoms with van der Waals surface area (Å²) in [5.41, 5.74) is 6.51. The molecule has 1 saturated heterocycles. The van der Waals surface area contributed by atoms with Gasteiger partial charge in [-0.2, -0.15) is 11.8 Å². The monoisotopic (exact) mass is 310 g/mol. The van der Waals surface area contributed by atoms with E-state index in [2.05, 4.69) is 15.2 Å². The first kappa shape index (κ1) is 16.1. The number of carbonyl (C=O) groups is 1. The molecule has 21 heavy (non-hydrogen) atoms. The predicted molar refractivity (Wildman–Crippen MR) is 86.9 cm³/mol. The van der Waals surface area contributed by atoms with Crippen LogP contribution in [0, 0.1) is 0 Å². The standard InChI is InChI=1S/C14H22N4O2S/c1-21-9-4-12(15)14(19)17-11-2-3-13(16-10-11)18-5-7-20-8-6-18/h2-3,10,12H,4-9,15H2,1H3,(H,17,19)/t12-/m1/s1. The van der Waals surface area contributed by atoms with Gasteiger partial charge in [0.25, 0.3) is 0 Å². The van der Waals surface area contributed by atoms with Gasteiger partial charge in [0.1, 0.15) is 5.82 Å². The molecule has 0 aliphatic carbocycles. The maximum atomic E-state index is 11.9. The number of rotatable bonds is 6. The number of hydrogen-bond donors (Lipinski definition) is 2. The highest BCUT2D eigenvalue weighted by atomic mass is 32.2. The average molecular weight is 310 g/mol. The normalized spacial score (nSPS) is 16.6. The lowest BCUT2D eigenvalue weighted by Crippen LogP contribution is -2.37. The Balaban J connectivity index is 1.88. The van der Waals surface area contributed by atoms with Crippen LogP contribution < -0.4 is 16.0 Å². The molecule has 2 rings (SSSR count). The number of nitrogens with one attached hydrogen (secondary N) is 1. The van der Waals surface area contributed by atoms with Gasteiger partial charge in [-0.05, 0) is 30.6 Å². The molecule has 1 aromatic rings. The summed E-state index contributed by atoms with van der Waals surface area (Å²) < 4.78 is 5.31. The number of ether oxygens (including phenoxy) is 1. The van der Waals surface area contributed by atoms with Crippen molar-refractivity contribution in [2.45, 2.75) is 12.5 Å². The van der Waals surface area contributed by atoms with Crippen LogP contribution >= 0.6 is 11.8 Å². The number of nitrogens with zero attached hydrogens (tertiary/aromatic N) is 2. The molecule has 2 heterocycles. The summed E-state index contributed by atoms with van der Waals surface area (Å²) in [5, 5.41) is 2.80. The first-order chi connectivity index (χ1) is 10.2. The van der Waals surface area contributed by atoms with E-state index in [1.807, 2.05) is 18.4 Å². The number of nitrogens with two attached hydrogens (primary N) is 1. The van der Waals surface area contributed by atoms with Gasteiger partial charge in [-0.1, -0.05) is 0 Å². The molecule has 1 aliphatic rings. The Bertz CT molecular complexity index is 449. The highest BCUT2D eigenvalue weighted by molar-refractivity contribution is 7.98. The second-order valence-corrected chi connectivity index (χ2v) is 5.87. The predicted octanol–water partition coefficient (Wildman–Crippen LogP) is 0.937. The fourth-order valence-electron chi connectivity index (χ4n) is 2.05. The van der Waals surface area contributed by atoms with Crippen molar-refractivity contribution >= 4 is 29.2 Å². The van der Waals surface area contributed by atoms with E-state index in [9.17, 15) is 4.79 Å². The van der Waals surface area contributed by atoms with Crippen LogP contribution in [-0.2, 0) is 9.53 Å². The van der Waals surface area contributed by atoms with E-state index >= 15 is 0 Å². The lowest BCUT2D eigenvalue weighted by molar-refractivity contribution is -0.117. The van der Waals surface area contributed by atoms with Crippen molar-refractivity contribution in [2.24, 2.45) is 5.73 Å². The number of pyridine rings is 1.